The zero-order chi connectivity index (χ0) is 16.7. The molecule has 1 aromatic rings. The monoisotopic (exact) mass is 332 g/mol. The van der Waals surface area contributed by atoms with Gasteiger partial charge in [-0.1, -0.05) is 0 Å². The molecule has 1 spiro atoms. The van der Waals surface area contributed by atoms with Crippen LogP contribution in [0.1, 0.15) is 44.1 Å². The fraction of sp³-hybridized carbons (Fsp3) is 0.737. The fourth-order valence-electron chi connectivity index (χ4n) is 4.19. The number of amides is 1. The van der Waals surface area contributed by atoms with E-state index in [0.717, 1.165) is 56.5 Å². The molecule has 4 rings (SSSR count). The highest BCUT2D eigenvalue weighted by atomic mass is 16.5. The average molecular weight is 332 g/mol. The van der Waals surface area contributed by atoms with Gasteiger partial charge in [-0.05, 0) is 57.6 Å². The molecule has 1 aliphatic carbocycles. The highest BCUT2D eigenvalue weighted by molar-refractivity contribution is 5.78. The molecule has 5 heteroatoms. The van der Waals surface area contributed by atoms with Gasteiger partial charge in [0.05, 0.1) is 18.2 Å². The van der Waals surface area contributed by atoms with Crippen LogP contribution < -0.4 is 0 Å². The molecule has 2 saturated heterocycles. The van der Waals surface area contributed by atoms with Gasteiger partial charge in [-0.25, -0.2) is 0 Å². The number of piperidine rings is 1. The van der Waals surface area contributed by atoms with Crippen LogP contribution in [0.3, 0.4) is 0 Å². The van der Waals surface area contributed by atoms with Crippen LogP contribution in [0.15, 0.2) is 16.5 Å². The molecule has 1 amide bonds. The van der Waals surface area contributed by atoms with Gasteiger partial charge in [0, 0.05) is 19.6 Å². The molecule has 0 bridgehead atoms. The van der Waals surface area contributed by atoms with Crippen molar-refractivity contribution in [3.05, 3.63) is 23.7 Å². The summed E-state index contributed by atoms with van der Waals surface area (Å²) in [6.07, 6.45) is 4.53. The van der Waals surface area contributed by atoms with Gasteiger partial charge in [0.1, 0.15) is 18.1 Å². The molecular formula is C19H28N2O3. The van der Waals surface area contributed by atoms with Crippen LogP contribution in [-0.4, -0.2) is 53.6 Å². The topological polar surface area (TPSA) is 45.9 Å². The molecule has 1 unspecified atom stereocenters. The summed E-state index contributed by atoms with van der Waals surface area (Å²) in [6, 6.07) is 4.27. The van der Waals surface area contributed by atoms with Crippen molar-refractivity contribution >= 4 is 5.91 Å². The maximum Gasteiger partial charge on any atom is 0.248 e. The number of morpholine rings is 1. The Labute approximate surface area is 143 Å². The van der Waals surface area contributed by atoms with Crippen LogP contribution in [0.5, 0.6) is 0 Å². The summed E-state index contributed by atoms with van der Waals surface area (Å²) in [4.78, 5) is 16.8. The van der Waals surface area contributed by atoms with Crippen molar-refractivity contribution < 1.29 is 13.9 Å². The van der Waals surface area contributed by atoms with Gasteiger partial charge in [0.15, 0.2) is 0 Å². The van der Waals surface area contributed by atoms with E-state index in [1.165, 1.54) is 12.8 Å². The normalized spacial score (nSPS) is 27.8. The van der Waals surface area contributed by atoms with E-state index < -0.39 is 0 Å². The van der Waals surface area contributed by atoms with Gasteiger partial charge in [-0.15, -0.1) is 0 Å². The predicted molar refractivity (Wildman–Crippen MR) is 90.5 cm³/mol. The highest BCUT2D eigenvalue weighted by Gasteiger charge is 2.48. The predicted octanol–water partition coefficient (Wildman–Crippen LogP) is 2.58. The summed E-state index contributed by atoms with van der Waals surface area (Å²) in [7, 11) is 0. The van der Waals surface area contributed by atoms with Crippen LogP contribution in [0.4, 0.5) is 0 Å². The average Bonchev–Trinajstić information content (AvgIpc) is 3.31. The summed E-state index contributed by atoms with van der Waals surface area (Å²) >= 11 is 0. The van der Waals surface area contributed by atoms with Crippen LogP contribution in [0, 0.1) is 12.8 Å². The van der Waals surface area contributed by atoms with Gasteiger partial charge in [0.2, 0.25) is 5.91 Å². The zero-order valence-corrected chi connectivity index (χ0v) is 14.8. The van der Waals surface area contributed by atoms with Crippen molar-refractivity contribution in [2.24, 2.45) is 5.92 Å². The second-order valence-electron chi connectivity index (χ2n) is 7.81. The molecule has 132 valence electrons. The van der Waals surface area contributed by atoms with Gasteiger partial charge in [0.25, 0.3) is 0 Å². The van der Waals surface area contributed by atoms with E-state index in [0.29, 0.717) is 0 Å². The Hall–Kier alpha value is -1.33. The van der Waals surface area contributed by atoms with E-state index in [1.807, 2.05) is 13.0 Å². The second kappa shape index (κ2) is 6.19. The molecule has 0 radical (unpaired) electrons. The minimum Gasteiger partial charge on any atom is -0.465 e. The fourth-order valence-corrected chi connectivity index (χ4v) is 4.19. The number of hydrogen-bond acceptors (Lipinski definition) is 4. The van der Waals surface area contributed by atoms with Crippen molar-refractivity contribution in [1.29, 1.82) is 0 Å². The first-order valence-corrected chi connectivity index (χ1v) is 9.27. The lowest BCUT2D eigenvalue weighted by molar-refractivity contribution is -0.187. The summed E-state index contributed by atoms with van der Waals surface area (Å²) in [6.45, 7) is 8.21. The van der Waals surface area contributed by atoms with Crippen molar-refractivity contribution in [2.75, 3.05) is 26.2 Å². The van der Waals surface area contributed by atoms with Crippen LogP contribution in [-0.2, 0) is 16.1 Å². The molecular weight excluding hydrogens is 304 g/mol. The molecule has 3 heterocycles. The highest BCUT2D eigenvalue weighted by Crippen LogP contribution is 2.38. The number of furan rings is 1. The van der Waals surface area contributed by atoms with E-state index in [1.54, 1.807) is 0 Å². The zero-order valence-electron chi connectivity index (χ0n) is 14.8. The number of rotatable bonds is 4. The van der Waals surface area contributed by atoms with E-state index >= 15 is 0 Å². The Morgan fingerprint density at radius 1 is 1.25 bits per heavy atom. The van der Waals surface area contributed by atoms with Crippen LogP contribution >= 0.6 is 0 Å². The second-order valence-corrected chi connectivity index (χ2v) is 7.81. The third-order valence-corrected chi connectivity index (χ3v) is 6.06. The van der Waals surface area contributed by atoms with E-state index in [-0.39, 0.29) is 24.2 Å². The van der Waals surface area contributed by atoms with Gasteiger partial charge in [-0.3, -0.25) is 9.69 Å². The number of carbonyl (C=O) groups is 1. The first-order chi connectivity index (χ1) is 11.6. The Kier molecular flexibility index (Phi) is 4.17. The standard InChI is InChI=1S/C19H28N2O3/c1-14-3-6-17(24-14)12-20-9-7-19(8-10-20)15(2)21(11-16-4-5-16)18(22)13-23-19/h3,6,15-16H,4-5,7-13H2,1-2H3. The lowest BCUT2D eigenvalue weighted by Gasteiger charge is -2.51. The smallest absolute Gasteiger partial charge is 0.248 e. The van der Waals surface area contributed by atoms with Crippen molar-refractivity contribution in [3.63, 3.8) is 0 Å². The summed E-state index contributed by atoms with van der Waals surface area (Å²) in [5, 5.41) is 0. The number of carbonyl (C=O) groups excluding carboxylic acids is 1. The molecule has 0 N–H and O–H groups in total. The van der Waals surface area contributed by atoms with Gasteiger partial charge in [-0.2, -0.15) is 0 Å². The first-order valence-electron chi connectivity index (χ1n) is 9.27. The molecule has 2 aliphatic heterocycles. The number of nitrogens with zero attached hydrogens (tertiary/aromatic N) is 2. The lowest BCUT2D eigenvalue weighted by atomic mass is 9.82. The molecule has 3 fully saturated rings. The molecule has 5 nitrogen and oxygen atoms in total. The Bertz CT molecular complexity index is 600. The number of ether oxygens (including phenoxy) is 1. The molecule has 0 aromatic carbocycles. The van der Waals surface area contributed by atoms with Crippen LogP contribution in [0.25, 0.3) is 0 Å². The molecule has 1 aromatic heterocycles. The van der Waals surface area contributed by atoms with Crippen molar-refractivity contribution in [1.82, 2.24) is 9.80 Å². The Morgan fingerprint density at radius 3 is 2.62 bits per heavy atom. The minimum atomic E-state index is -0.154. The van der Waals surface area contributed by atoms with E-state index in [4.69, 9.17) is 9.15 Å². The minimum absolute atomic E-state index is 0.154. The number of aryl methyl sites for hydroxylation is 1. The number of likely N-dealkylation sites (tertiary alicyclic amines) is 1. The van der Waals surface area contributed by atoms with Gasteiger partial charge >= 0.3 is 0 Å². The molecule has 24 heavy (non-hydrogen) atoms. The third kappa shape index (κ3) is 3.11. The number of hydrogen-bond donors (Lipinski definition) is 0. The third-order valence-electron chi connectivity index (χ3n) is 6.06. The maximum atomic E-state index is 12.3. The van der Waals surface area contributed by atoms with Crippen molar-refractivity contribution in [3.8, 4) is 0 Å². The molecule has 1 saturated carbocycles. The van der Waals surface area contributed by atoms with Crippen LogP contribution in [0.2, 0.25) is 0 Å². The first kappa shape index (κ1) is 16.2. The molecule has 3 aliphatic rings. The van der Waals surface area contributed by atoms with Crippen molar-refractivity contribution in [2.45, 2.75) is 57.7 Å². The quantitative estimate of drug-likeness (QED) is 0.850. The Balaban J connectivity index is 1.38. The molecule has 1 atom stereocenters. The largest absolute Gasteiger partial charge is 0.465 e. The Morgan fingerprint density at radius 2 is 2.00 bits per heavy atom. The summed E-state index contributed by atoms with van der Waals surface area (Å²) < 4.78 is 11.8. The van der Waals surface area contributed by atoms with Gasteiger partial charge < -0.3 is 14.1 Å². The SMILES string of the molecule is Cc1ccc(CN2CCC3(CC2)OCC(=O)N(CC2CC2)C3C)o1. The summed E-state index contributed by atoms with van der Waals surface area (Å²) in [5.74, 6) is 2.91. The van der Waals surface area contributed by atoms with E-state index in [9.17, 15) is 4.79 Å². The maximum absolute atomic E-state index is 12.3. The summed E-state index contributed by atoms with van der Waals surface area (Å²) in [5.41, 5.74) is -0.154. The van der Waals surface area contributed by atoms with E-state index in [2.05, 4.69) is 22.8 Å². The lowest BCUT2D eigenvalue weighted by Crippen LogP contribution is -2.64.